The lowest BCUT2D eigenvalue weighted by Crippen LogP contribution is -2.46. The van der Waals surface area contributed by atoms with Gasteiger partial charge >= 0.3 is 12.0 Å². The van der Waals surface area contributed by atoms with Crippen molar-refractivity contribution in [2.24, 2.45) is 0 Å². The van der Waals surface area contributed by atoms with Crippen molar-refractivity contribution >= 4 is 52.5 Å². The number of ether oxygens (including phenoxy) is 1. The van der Waals surface area contributed by atoms with E-state index in [1.54, 1.807) is 80.8 Å². The number of carboxylic acids is 1. The summed E-state index contributed by atoms with van der Waals surface area (Å²) in [4.78, 5) is 68.9. The van der Waals surface area contributed by atoms with Gasteiger partial charge in [-0.25, -0.2) is 4.79 Å². The molecule has 1 unspecified atom stereocenters. The molecule has 12 nitrogen and oxygen atoms in total. The van der Waals surface area contributed by atoms with Crippen molar-refractivity contribution in [1.82, 2.24) is 5.32 Å². The number of aliphatic carboxylic acids is 1. The molecule has 0 radical (unpaired) electrons. The number of nitrogens with one attached hydrogen (secondary N) is 2. The maximum Gasteiger partial charge on any atom is 0.319 e. The molecule has 0 heterocycles. The Morgan fingerprint density at radius 2 is 1.46 bits per heavy atom. The molecule has 0 aliphatic heterocycles. The van der Waals surface area contributed by atoms with Gasteiger partial charge in [0.05, 0.1) is 18.2 Å². The third-order valence-corrected chi connectivity index (χ3v) is 8.13. The summed E-state index contributed by atoms with van der Waals surface area (Å²) in [5.41, 5.74) is 4.34. The Morgan fingerprint density at radius 1 is 0.760 bits per heavy atom. The molecule has 0 saturated carbocycles. The molecule has 3 N–H and O–H groups in total. The molecule has 5 amide bonds. The van der Waals surface area contributed by atoms with E-state index in [1.807, 2.05) is 38.1 Å². The zero-order valence-corrected chi connectivity index (χ0v) is 28.7. The quantitative estimate of drug-likeness (QED) is 0.173. The molecule has 12 heteroatoms. The number of para-hydroxylation sites is 3. The molecule has 0 fully saturated rings. The molecular weight excluding hydrogens is 638 g/mol. The summed E-state index contributed by atoms with van der Waals surface area (Å²) in [6, 6.07) is 27.0. The molecule has 50 heavy (non-hydrogen) atoms. The maximum absolute atomic E-state index is 13.8. The van der Waals surface area contributed by atoms with Crippen LogP contribution in [0.1, 0.15) is 29.5 Å². The smallest absolute Gasteiger partial charge is 0.319 e. The minimum atomic E-state index is -1.01. The standard InChI is InChI=1S/C38H41N5O7/c1-25-18-19-26(2)32(20-25)42(5)36(46)24-50-33-17-10-9-16-31(33)43(23-35(45)41(4)30-14-7-6-8-15-30)34(44)22-39-38(49)40-29-13-11-12-28(21-29)27(3)37(47)48/h6-21,27H,22-24H2,1-5H3,(H,47,48)(H2,39,40,49). The van der Waals surface area contributed by atoms with Crippen LogP contribution in [-0.2, 0) is 19.2 Å². The van der Waals surface area contributed by atoms with Crippen molar-refractivity contribution in [3.05, 3.63) is 114 Å². The Labute approximate surface area is 291 Å². The van der Waals surface area contributed by atoms with E-state index in [0.717, 1.165) is 16.8 Å². The molecule has 4 aromatic carbocycles. The molecule has 0 aliphatic rings. The fourth-order valence-corrected chi connectivity index (χ4v) is 5.05. The SMILES string of the molecule is Cc1ccc(C)c(N(C)C(=O)COc2ccccc2N(CC(=O)N(C)c2ccccc2)C(=O)CNC(=O)Nc2cccc(C(C)C(=O)O)c2)c1. The van der Waals surface area contributed by atoms with Gasteiger partial charge in [0.1, 0.15) is 12.3 Å². The van der Waals surface area contributed by atoms with Crippen molar-refractivity contribution in [3.8, 4) is 5.75 Å². The number of nitrogens with zero attached hydrogens (tertiary/aromatic N) is 3. The predicted octanol–water partition coefficient (Wildman–Crippen LogP) is 5.35. The van der Waals surface area contributed by atoms with Crippen LogP contribution in [0.4, 0.5) is 27.5 Å². The average molecular weight is 680 g/mol. The zero-order chi connectivity index (χ0) is 36.4. The second-order valence-corrected chi connectivity index (χ2v) is 11.8. The zero-order valence-electron chi connectivity index (χ0n) is 28.7. The van der Waals surface area contributed by atoms with Gasteiger partial charge in [0.2, 0.25) is 11.8 Å². The van der Waals surface area contributed by atoms with Crippen LogP contribution in [0.2, 0.25) is 0 Å². The molecule has 0 aliphatic carbocycles. The number of aryl methyl sites for hydroxylation is 2. The van der Waals surface area contributed by atoms with Crippen molar-refractivity contribution < 1.29 is 33.8 Å². The van der Waals surface area contributed by atoms with Gasteiger partial charge < -0.3 is 30.3 Å². The lowest BCUT2D eigenvalue weighted by atomic mass is 10.0. The molecule has 1 atom stereocenters. The third kappa shape index (κ3) is 9.47. The highest BCUT2D eigenvalue weighted by molar-refractivity contribution is 6.06. The lowest BCUT2D eigenvalue weighted by Gasteiger charge is -2.27. The first kappa shape index (κ1) is 36.7. The van der Waals surface area contributed by atoms with E-state index in [0.29, 0.717) is 16.9 Å². The molecule has 0 bridgehead atoms. The van der Waals surface area contributed by atoms with Crippen LogP contribution in [0.3, 0.4) is 0 Å². The van der Waals surface area contributed by atoms with E-state index in [-0.39, 0.29) is 24.0 Å². The number of hydrogen-bond donors (Lipinski definition) is 3. The van der Waals surface area contributed by atoms with Gasteiger partial charge in [0.25, 0.3) is 5.91 Å². The van der Waals surface area contributed by atoms with E-state index in [4.69, 9.17) is 4.74 Å². The summed E-state index contributed by atoms with van der Waals surface area (Å²) >= 11 is 0. The fourth-order valence-electron chi connectivity index (χ4n) is 5.05. The first-order valence-electron chi connectivity index (χ1n) is 15.9. The first-order valence-corrected chi connectivity index (χ1v) is 15.9. The largest absolute Gasteiger partial charge is 0.482 e. The van der Waals surface area contributed by atoms with Crippen LogP contribution in [-0.4, -0.2) is 68.6 Å². The minimum absolute atomic E-state index is 0.188. The summed E-state index contributed by atoms with van der Waals surface area (Å²) < 4.78 is 5.97. The first-order chi connectivity index (χ1) is 23.8. The van der Waals surface area contributed by atoms with Crippen LogP contribution in [0.15, 0.2) is 97.1 Å². The second-order valence-electron chi connectivity index (χ2n) is 11.8. The highest BCUT2D eigenvalue weighted by atomic mass is 16.5. The molecule has 4 rings (SSSR count). The van der Waals surface area contributed by atoms with E-state index in [2.05, 4.69) is 10.6 Å². The van der Waals surface area contributed by atoms with Crippen molar-refractivity contribution in [3.63, 3.8) is 0 Å². The van der Waals surface area contributed by atoms with Gasteiger partial charge in [0.15, 0.2) is 6.61 Å². The number of hydrogen-bond acceptors (Lipinski definition) is 6. The topological polar surface area (TPSA) is 149 Å². The summed E-state index contributed by atoms with van der Waals surface area (Å²) in [7, 11) is 3.25. The van der Waals surface area contributed by atoms with E-state index < -0.39 is 42.8 Å². The number of rotatable bonds is 13. The molecule has 0 aromatic heterocycles. The van der Waals surface area contributed by atoms with Crippen molar-refractivity contribution in [2.75, 3.05) is 53.8 Å². The number of urea groups is 1. The average Bonchev–Trinajstić information content (AvgIpc) is 3.12. The summed E-state index contributed by atoms with van der Waals surface area (Å²) in [6.45, 7) is 4.14. The molecule has 0 spiro atoms. The Balaban J connectivity index is 1.53. The Kier molecular flexibility index (Phi) is 12.3. The van der Waals surface area contributed by atoms with Gasteiger partial charge in [-0.2, -0.15) is 0 Å². The fraction of sp³-hybridized carbons (Fsp3) is 0.237. The van der Waals surface area contributed by atoms with Crippen LogP contribution in [0, 0.1) is 13.8 Å². The number of carbonyl (C=O) groups excluding carboxylic acids is 4. The number of anilines is 4. The van der Waals surface area contributed by atoms with E-state index in [1.165, 1.54) is 27.7 Å². The van der Waals surface area contributed by atoms with Crippen LogP contribution < -0.4 is 30.1 Å². The summed E-state index contributed by atoms with van der Waals surface area (Å²) in [6.07, 6.45) is 0. The number of carbonyl (C=O) groups is 5. The minimum Gasteiger partial charge on any atom is -0.482 e. The third-order valence-electron chi connectivity index (χ3n) is 8.13. The second kappa shape index (κ2) is 16.8. The van der Waals surface area contributed by atoms with Gasteiger partial charge in [-0.1, -0.05) is 54.6 Å². The Bertz CT molecular complexity index is 1860. The van der Waals surface area contributed by atoms with E-state index >= 15 is 0 Å². The highest BCUT2D eigenvalue weighted by Gasteiger charge is 2.26. The van der Waals surface area contributed by atoms with Crippen molar-refractivity contribution in [1.29, 1.82) is 0 Å². The number of likely N-dealkylation sites (N-methyl/N-ethyl adjacent to an activating group) is 2. The highest BCUT2D eigenvalue weighted by Crippen LogP contribution is 2.29. The van der Waals surface area contributed by atoms with Crippen LogP contribution in [0.5, 0.6) is 5.75 Å². The van der Waals surface area contributed by atoms with Crippen LogP contribution >= 0.6 is 0 Å². The monoisotopic (exact) mass is 679 g/mol. The Morgan fingerprint density at radius 3 is 2.18 bits per heavy atom. The van der Waals surface area contributed by atoms with E-state index in [9.17, 15) is 29.1 Å². The number of amides is 5. The number of carboxylic acid groups (broad SMARTS) is 1. The van der Waals surface area contributed by atoms with Crippen LogP contribution in [0.25, 0.3) is 0 Å². The predicted molar refractivity (Wildman–Crippen MR) is 193 cm³/mol. The molecular formula is C38H41N5O7. The summed E-state index contributed by atoms with van der Waals surface area (Å²) in [5.74, 6) is -2.98. The number of benzene rings is 4. The maximum atomic E-state index is 13.8. The van der Waals surface area contributed by atoms with Crippen molar-refractivity contribution in [2.45, 2.75) is 26.7 Å². The molecule has 260 valence electrons. The van der Waals surface area contributed by atoms with Gasteiger partial charge in [-0.15, -0.1) is 0 Å². The van der Waals surface area contributed by atoms with Gasteiger partial charge in [-0.3, -0.25) is 24.1 Å². The van der Waals surface area contributed by atoms with Gasteiger partial charge in [0, 0.05) is 31.2 Å². The lowest BCUT2D eigenvalue weighted by molar-refractivity contribution is -0.138. The summed E-state index contributed by atoms with van der Waals surface area (Å²) in [5, 5.41) is 14.5. The normalized spacial score (nSPS) is 11.1. The van der Waals surface area contributed by atoms with Gasteiger partial charge in [-0.05, 0) is 79.9 Å². The molecule has 0 saturated heterocycles. The Hall–Kier alpha value is -6.17. The molecule has 4 aromatic rings.